The molecule has 7 heteroatoms. The van der Waals surface area contributed by atoms with Crippen LogP contribution in [-0.2, 0) is 14.4 Å². The number of rotatable bonds is 18. The van der Waals surface area contributed by atoms with Gasteiger partial charge in [0.1, 0.15) is 0 Å². The van der Waals surface area contributed by atoms with Crippen LogP contribution in [-0.4, -0.2) is 17.9 Å². The number of carbonyl (C=O) groups is 3. The molecule has 0 aromatic rings. The molecule has 0 N–H and O–H groups in total. The molecule has 0 aromatic heterocycles. The molecule has 0 rings (SSSR count). The zero-order chi connectivity index (χ0) is 28.8. The summed E-state index contributed by atoms with van der Waals surface area (Å²) in [5.41, 5.74) is -1.88. The van der Waals surface area contributed by atoms with E-state index in [2.05, 4.69) is 20.8 Å². The predicted octanol–water partition coefficient (Wildman–Crippen LogP) is 5.20. The van der Waals surface area contributed by atoms with Crippen molar-refractivity contribution in [3.05, 3.63) is 0 Å². The summed E-state index contributed by atoms with van der Waals surface area (Å²) in [6.07, 6.45) is 14.9. The van der Waals surface area contributed by atoms with Crippen molar-refractivity contribution in [3.63, 3.8) is 0 Å². The molecule has 0 aliphatic heterocycles. The van der Waals surface area contributed by atoms with Crippen LogP contribution in [0.1, 0.15) is 159 Å². The fraction of sp³-hybridized carbons (Fsp3) is 0.900. The topological polar surface area (TPSA) is 120 Å². The van der Waals surface area contributed by atoms with Gasteiger partial charge in [-0.25, -0.2) is 0 Å². The Kier molecular flexibility index (Phi) is 29.4. The molecule has 6 nitrogen and oxygen atoms in total. The maximum atomic E-state index is 10.8. The number of unbranched alkanes of at least 4 members (excludes halogenated alkanes) is 7. The van der Waals surface area contributed by atoms with Crippen molar-refractivity contribution in [3.8, 4) is 0 Å². The van der Waals surface area contributed by atoms with E-state index in [0.29, 0.717) is 0 Å². The molecular formula is C30H57CeO6. The summed E-state index contributed by atoms with van der Waals surface area (Å²) in [5, 5.41) is 32.0. The van der Waals surface area contributed by atoms with Crippen molar-refractivity contribution >= 4 is 17.9 Å². The van der Waals surface area contributed by atoms with Gasteiger partial charge in [0.25, 0.3) is 0 Å². The van der Waals surface area contributed by atoms with Gasteiger partial charge in [-0.15, -0.1) is 0 Å². The Morgan fingerprint density at radius 1 is 0.459 bits per heavy atom. The Hall–Kier alpha value is -0.213. The number of hydrogen-bond donors (Lipinski definition) is 0. The fourth-order valence-corrected chi connectivity index (χ4v) is 3.64. The maximum Gasteiger partial charge on any atom is 3.00 e. The van der Waals surface area contributed by atoms with Crippen LogP contribution in [0.3, 0.4) is 0 Å². The van der Waals surface area contributed by atoms with Gasteiger partial charge in [0.15, 0.2) is 0 Å². The number of hydrogen-bond acceptors (Lipinski definition) is 6. The first-order valence-corrected chi connectivity index (χ1v) is 14.2. The summed E-state index contributed by atoms with van der Waals surface area (Å²) in [4.78, 5) is 32.0. The van der Waals surface area contributed by atoms with E-state index < -0.39 is 34.2 Å². The molecule has 0 aliphatic rings. The molecule has 1 unspecified atom stereocenters. The third-order valence-electron chi connectivity index (χ3n) is 6.79. The van der Waals surface area contributed by atoms with Gasteiger partial charge in [-0.05, 0) is 25.7 Å². The van der Waals surface area contributed by atoms with Crippen LogP contribution < -0.4 is 15.3 Å². The Labute approximate surface area is 262 Å². The second kappa shape index (κ2) is 24.8. The van der Waals surface area contributed by atoms with Crippen molar-refractivity contribution < 1.29 is 71.5 Å². The monoisotopic (exact) mass is 653 g/mol. The molecule has 0 spiro atoms. The molecule has 0 fully saturated rings. The van der Waals surface area contributed by atoms with Gasteiger partial charge in [0.2, 0.25) is 0 Å². The molecular weight excluding hydrogens is 596 g/mol. The predicted molar refractivity (Wildman–Crippen MR) is 143 cm³/mol. The second-order valence-electron chi connectivity index (χ2n) is 11.7. The first kappa shape index (κ1) is 43.8. The quantitative estimate of drug-likeness (QED) is 0.188. The van der Waals surface area contributed by atoms with Gasteiger partial charge in [-0.2, -0.15) is 0 Å². The van der Waals surface area contributed by atoms with E-state index in [1.165, 1.54) is 25.7 Å². The van der Waals surface area contributed by atoms with Crippen molar-refractivity contribution in [1.82, 2.24) is 0 Å². The standard InChI is InChI=1S/3C10H20O2.Ce/c2*1-4-5-6-7-8-10(2,3)9(11)12;1-4-6-8-10(3,7-5-2)9(11)12;/h3*4-8H2,1-3H3,(H,11,12);/q;;;+3/p-3. The van der Waals surface area contributed by atoms with Gasteiger partial charge >= 0.3 is 41.7 Å². The molecule has 0 heterocycles. The van der Waals surface area contributed by atoms with Gasteiger partial charge in [0.05, 0.1) is 0 Å². The van der Waals surface area contributed by atoms with Crippen molar-refractivity contribution in [2.45, 2.75) is 159 Å². The van der Waals surface area contributed by atoms with E-state index in [9.17, 15) is 29.7 Å². The van der Waals surface area contributed by atoms with Gasteiger partial charge < -0.3 is 29.7 Å². The number of carboxylic acids is 3. The minimum atomic E-state index is -0.931. The Morgan fingerprint density at radius 3 is 1.05 bits per heavy atom. The third kappa shape index (κ3) is 24.6. The van der Waals surface area contributed by atoms with Crippen LogP contribution in [0.15, 0.2) is 0 Å². The third-order valence-corrected chi connectivity index (χ3v) is 6.79. The first-order valence-electron chi connectivity index (χ1n) is 14.2. The molecule has 217 valence electrons. The summed E-state index contributed by atoms with van der Waals surface area (Å²) in [7, 11) is 0. The molecule has 0 amide bonds. The number of aliphatic carboxylic acids is 3. The van der Waals surface area contributed by atoms with Crippen molar-refractivity contribution in [2.75, 3.05) is 0 Å². The Balaban J connectivity index is -0.000000218. The van der Waals surface area contributed by atoms with E-state index in [0.717, 1.165) is 70.6 Å². The van der Waals surface area contributed by atoms with Gasteiger partial charge in [-0.1, -0.05) is 133 Å². The van der Waals surface area contributed by atoms with Gasteiger partial charge in [0, 0.05) is 34.2 Å². The molecule has 37 heavy (non-hydrogen) atoms. The van der Waals surface area contributed by atoms with Crippen LogP contribution >= 0.6 is 0 Å². The molecule has 1 radical (unpaired) electrons. The first-order chi connectivity index (χ1) is 16.6. The van der Waals surface area contributed by atoms with Crippen LogP contribution in [0.25, 0.3) is 0 Å². The van der Waals surface area contributed by atoms with Crippen LogP contribution in [0.2, 0.25) is 0 Å². The molecule has 0 saturated heterocycles. The van der Waals surface area contributed by atoms with E-state index in [1.54, 1.807) is 34.6 Å². The number of carbonyl (C=O) groups excluding carboxylic acids is 3. The van der Waals surface area contributed by atoms with Crippen molar-refractivity contribution in [2.24, 2.45) is 16.2 Å². The average Bonchev–Trinajstić information content (AvgIpc) is 2.79. The maximum absolute atomic E-state index is 10.8. The minimum absolute atomic E-state index is 0. The largest absolute Gasteiger partial charge is 3.00 e. The average molecular weight is 654 g/mol. The Morgan fingerprint density at radius 2 is 0.811 bits per heavy atom. The van der Waals surface area contributed by atoms with Crippen LogP contribution in [0.5, 0.6) is 0 Å². The summed E-state index contributed by atoms with van der Waals surface area (Å²) < 4.78 is 0. The van der Waals surface area contributed by atoms with E-state index >= 15 is 0 Å². The van der Waals surface area contributed by atoms with E-state index in [4.69, 9.17) is 0 Å². The minimum Gasteiger partial charge on any atom is -0.550 e. The molecule has 0 saturated carbocycles. The summed E-state index contributed by atoms with van der Waals surface area (Å²) in [6.45, 7) is 17.1. The molecule has 0 aliphatic carbocycles. The smallest absolute Gasteiger partial charge is 0.550 e. The molecule has 0 bridgehead atoms. The summed E-state index contributed by atoms with van der Waals surface area (Å²) in [6, 6.07) is 0. The Bertz CT molecular complexity index is 555. The van der Waals surface area contributed by atoms with E-state index in [-0.39, 0.29) is 41.7 Å². The normalized spacial score (nSPS) is 12.6. The molecule has 1 atom stereocenters. The van der Waals surface area contributed by atoms with E-state index in [1.807, 2.05) is 6.92 Å². The SMILES string of the molecule is CCCCC(C)(CCC)C(=O)[O-].CCCCCCC(C)(C)C(=O)[O-].CCCCCCC(C)(C)C(=O)[O-].[Ce+3]. The van der Waals surface area contributed by atoms with Gasteiger partial charge in [-0.3, -0.25) is 0 Å². The molecule has 0 aromatic carbocycles. The summed E-state index contributed by atoms with van der Waals surface area (Å²) >= 11 is 0. The fourth-order valence-electron chi connectivity index (χ4n) is 3.64. The second-order valence-corrected chi connectivity index (χ2v) is 11.7. The van der Waals surface area contributed by atoms with Crippen LogP contribution in [0, 0.1) is 58.0 Å². The van der Waals surface area contributed by atoms with Crippen molar-refractivity contribution in [1.29, 1.82) is 0 Å². The number of carboxylic acid groups (broad SMARTS) is 3. The summed E-state index contributed by atoms with van der Waals surface area (Å²) in [5.74, 6) is -2.75. The zero-order valence-electron chi connectivity index (χ0n) is 25.6. The zero-order valence-corrected chi connectivity index (χ0v) is 28.7. The van der Waals surface area contributed by atoms with Crippen LogP contribution in [0.4, 0.5) is 0 Å².